The molecule has 0 unspecified atom stereocenters. The van der Waals surface area contributed by atoms with Crippen LogP contribution >= 0.6 is 0 Å². The summed E-state index contributed by atoms with van der Waals surface area (Å²) in [6, 6.07) is 7.28. The number of H-pyrrole nitrogens is 1. The van der Waals surface area contributed by atoms with E-state index in [-0.39, 0.29) is 11.3 Å². The van der Waals surface area contributed by atoms with Gasteiger partial charge in [-0.15, -0.1) is 0 Å². The van der Waals surface area contributed by atoms with Gasteiger partial charge in [-0.3, -0.25) is 14.9 Å². The lowest BCUT2D eigenvalue weighted by molar-refractivity contribution is -0.116. The van der Waals surface area contributed by atoms with E-state index < -0.39 is 0 Å². The summed E-state index contributed by atoms with van der Waals surface area (Å²) >= 11 is 0. The van der Waals surface area contributed by atoms with Crippen molar-refractivity contribution in [2.24, 2.45) is 0 Å². The SMILES string of the molecule is CC(=O)CCc1ccnc(-n2[nH]cc(-c3cccnc3)c2=O)c1. The van der Waals surface area contributed by atoms with Crippen molar-refractivity contribution in [3.8, 4) is 16.9 Å². The summed E-state index contributed by atoms with van der Waals surface area (Å²) in [6.07, 6.45) is 7.70. The van der Waals surface area contributed by atoms with Crippen molar-refractivity contribution in [3.05, 3.63) is 65.0 Å². The highest BCUT2D eigenvalue weighted by atomic mass is 16.1. The molecular weight excluding hydrogens is 292 g/mol. The molecule has 0 aliphatic carbocycles. The monoisotopic (exact) mass is 308 g/mol. The summed E-state index contributed by atoms with van der Waals surface area (Å²) in [5.41, 5.74) is 2.07. The number of nitrogens with zero attached hydrogens (tertiary/aromatic N) is 3. The van der Waals surface area contributed by atoms with Crippen molar-refractivity contribution in [1.82, 2.24) is 19.7 Å². The van der Waals surface area contributed by atoms with Gasteiger partial charge >= 0.3 is 0 Å². The first kappa shape index (κ1) is 14.9. The molecule has 0 aliphatic rings. The van der Waals surface area contributed by atoms with Crippen molar-refractivity contribution in [2.45, 2.75) is 19.8 Å². The van der Waals surface area contributed by atoms with Gasteiger partial charge in [-0.25, -0.2) is 9.67 Å². The first-order valence-corrected chi connectivity index (χ1v) is 7.31. The van der Waals surface area contributed by atoms with Gasteiger partial charge < -0.3 is 4.79 Å². The van der Waals surface area contributed by atoms with Gasteiger partial charge in [-0.2, -0.15) is 0 Å². The number of aryl methyl sites for hydroxylation is 1. The number of hydrogen-bond acceptors (Lipinski definition) is 4. The molecule has 6 nitrogen and oxygen atoms in total. The first-order valence-electron chi connectivity index (χ1n) is 7.31. The number of carbonyl (C=O) groups is 1. The van der Waals surface area contributed by atoms with Gasteiger partial charge in [0.25, 0.3) is 5.56 Å². The summed E-state index contributed by atoms with van der Waals surface area (Å²) in [7, 11) is 0. The highest BCUT2D eigenvalue weighted by Gasteiger charge is 2.11. The van der Waals surface area contributed by atoms with E-state index in [9.17, 15) is 9.59 Å². The smallest absolute Gasteiger partial charge is 0.280 e. The van der Waals surface area contributed by atoms with Gasteiger partial charge in [0.05, 0.1) is 5.56 Å². The third-order valence-corrected chi connectivity index (χ3v) is 3.55. The Bertz CT molecular complexity index is 881. The maximum absolute atomic E-state index is 12.6. The fraction of sp³-hybridized carbons (Fsp3) is 0.176. The van der Waals surface area contributed by atoms with Crippen LogP contribution in [0.2, 0.25) is 0 Å². The molecular formula is C17H16N4O2. The zero-order valence-corrected chi connectivity index (χ0v) is 12.7. The number of pyridine rings is 2. The number of aromatic nitrogens is 4. The molecule has 0 radical (unpaired) electrons. The third kappa shape index (κ3) is 3.26. The van der Waals surface area contributed by atoms with Crippen molar-refractivity contribution >= 4 is 5.78 Å². The maximum atomic E-state index is 12.6. The van der Waals surface area contributed by atoms with Crippen LogP contribution < -0.4 is 5.56 Å². The fourth-order valence-electron chi connectivity index (χ4n) is 2.33. The Morgan fingerprint density at radius 1 is 1.30 bits per heavy atom. The molecule has 0 spiro atoms. The lowest BCUT2D eigenvalue weighted by Crippen LogP contribution is -2.17. The molecule has 0 saturated heterocycles. The Hall–Kier alpha value is -3.02. The number of nitrogens with one attached hydrogen (secondary N) is 1. The predicted molar refractivity (Wildman–Crippen MR) is 86.4 cm³/mol. The minimum Gasteiger partial charge on any atom is -0.300 e. The number of Topliss-reactive ketones (excluding diaryl/α,β-unsaturated/α-hetero) is 1. The highest BCUT2D eigenvalue weighted by Crippen LogP contribution is 2.14. The van der Waals surface area contributed by atoms with Crippen molar-refractivity contribution < 1.29 is 4.79 Å². The Morgan fingerprint density at radius 3 is 2.91 bits per heavy atom. The molecule has 0 bridgehead atoms. The van der Waals surface area contributed by atoms with Crippen LogP contribution in [-0.2, 0) is 11.2 Å². The Balaban J connectivity index is 1.94. The van der Waals surface area contributed by atoms with Crippen LogP contribution in [0.4, 0.5) is 0 Å². The Labute approximate surface area is 132 Å². The molecule has 3 rings (SSSR count). The van der Waals surface area contributed by atoms with Crippen molar-refractivity contribution in [1.29, 1.82) is 0 Å². The lowest BCUT2D eigenvalue weighted by atomic mass is 10.1. The molecule has 0 saturated carbocycles. The van der Waals surface area contributed by atoms with E-state index in [0.29, 0.717) is 24.2 Å². The zero-order chi connectivity index (χ0) is 16.2. The van der Waals surface area contributed by atoms with Crippen molar-refractivity contribution in [3.63, 3.8) is 0 Å². The number of aromatic amines is 1. The van der Waals surface area contributed by atoms with Gasteiger partial charge in [0.2, 0.25) is 0 Å². The Morgan fingerprint density at radius 2 is 2.17 bits per heavy atom. The third-order valence-electron chi connectivity index (χ3n) is 3.55. The molecule has 0 atom stereocenters. The molecule has 0 aliphatic heterocycles. The Kier molecular flexibility index (Phi) is 4.14. The molecule has 0 fully saturated rings. The summed E-state index contributed by atoms with van der Waals surface area (Å²) in [5, 5.41) is 2.93. The van der Waals surface area contributed by atoms with E-state index in [0.717, 1.165) is 11.1 Å². The standard InChI is InChI=1S/C17H16N4O2/c1-12(22)4-5-13-6-8-19-16(9-13)21-17(23)15(11-20-21)14-3-2-7-18-10-14/h2-3,6-11,20H,4-5H2,1H3. The summed E-state index contributed by atoms with van der Waals surface area (Å²) in [5.74, 6) is 0.644. The van der Waals surface area contributed by atoms with Gasteiger partial charge in [0, 0.05) is 36.8 Å². The maximum Gasteiger partial charge on any atom is 0.280 e. The van der Waals surface area contributed by atoms with Gasteiger partial charge in [0.1, 0.15) is 5.78 Å². The van der Waals surface area contributed by atoms with E-state index in [2.05, 4.69) is 15.1 Å². The molecule has 0 aromatic carbocycles. The van der Waals surface area contributed by atoms with Crippen molar-refractivity contribution in [2.75, 3.05) is 0 Å². The number of hydrogen-bond donors (Lipinski definition) is 1. The van der Waals surface area contributed by atoms with Crippen LogP contribution in [0.5, 0.6) is 0 Å². The predicted octanol–water partition coefficient (Wildman–Crippen LogP) is 2.14. The molecule has 3 heterocycles. The summed E-state index contributed by atoms with van der Waals surface area (Å²) < 4.78 is 1.39. The normalized spacial score (nSPS) is 10.7. The van der Waals surface area contributed by atoms with Gasteiger partial charge in [-0.05, 0) is 37.1 Å². The molecule has 23 heavy (non-hydrogen) atoms. The van der Waals surface area contributed by atoms with E-state index in [1.165, 1.54) is 4.68 Å². The number of carbonyl (C=O) groups excluding carboxylic acids is 1. The fourth-order valence-corrected chi connectivity index (χ4v) is 2.33. The van der Waals surface area contributed by atoms with E-state index in [4.69, 9.17) is 0 Å². The molecule has 116 valence electrons. The van der Waals surface area contributed by atoms with Crippen LogP contribution in [0.25, 0.3) is 16.9 Å². The van der Waals surface area contributed by atoms with Gasteiger partial charge in [0.15, 0.2) is 5.82 Å². The number of rotatable bonds is 5. The second kappa shape index (κ2) is 6.39. The molecule has 0 amide bonds. The topological polar surface area (TPSA) is 80.6 Å². The van der Waals surface area contributed by atoms with Gasteiger partial charge in [-0.1, -0.05) is 6.07 Å². The summed E-state index contributed by atoms with van der Waals surface area (Å²) in [4.78, 5) is 31.9. The minimum absolute atomic E-state index is 0.138. The van der Waals surface area contributed by atoms with Crippen LogP contribution in [0, 0.1) is 0 Å². The van der Waals surface area contributed by atoms with E-state index in [1.54, 1.807) is 37.8 Å². The first-order chi connectivity index (χ1) is 11.1. The van der Waals surface area contributed by atoms with Crippen LogP contribution in [-0.4, -0.2) is 25.5 Å². The van der Waals surface area contributed by atoms with Crippen LogP contribution in [0.3, 0.4) is 0 Å². The van der Waals surface area contributed by atoms with Crippen LogP contribution in [0.15, 0.2) is 53.8 Å². The average Bonchev–Trinajstić information content (AvgIpc) is 2.95. The largest absolute Gasteiger partial charge is 0.300 e. The van der Waals surface area contributed by atoms with E-state index >= 15 is 0 Å². The minimum atomic E-state index is -0.186. The second-order valence-electron chi connectivity index (χ2n) is 5.29. The molecule has 3 aromatic rings. The molecule has 3 aromatic heterocycles. The molecule has 6 heteroatoms. The second-order valence-corrected chi connectivity index (χ2v) is 5.29. The van der Waals surface area contributed by atoms with E-state index in [1.807, 2.05) is 18.2 Å². The zero-order valence-electron chi connectivity index (χ0n) is 12.7. The lowest BCUT2D eigenvalue weighted by Gasteiger charge is -2.04. The average molecular weight is 308 g/mol. The summed E-state index contributed by atoms with van der Waals surface area (Å²) in [6.45, 7) is 1.57. The quantitative estimate of drug-likeness (QED) is 0.783. The van der Waals surface area contributed by atoms with Crippen LogP contribution in [0.1, 0.15) is 18.9 Å². The molecule has 1 N–H and O–H groups in total. The number of ketones is 1. The highest BCUT2D eigenvalue weighted by molar-refractivity contribution is 5.75.